The van der Waals surface area contributed by atoms with E-state index in [9.17, 15) is 9.90 Å². The van der Waals surface area contributed by atoms with E-state index < -0.39 is 0 Å². The number of rotatable bonds is 5. The molecule has 0 bridgehead atoms. The van der Waals surface area contributed by atoms with E-state index in [0.29, 0.717) is 5.92 Å². The zero-order chi connectivity index (χ0) is 12.0. The number of hydrogen-bond acceptors (Lipinski definition) is 3. The van der Waals surface area contributed by atoms with Gasteiger partial charge in [0.2, 0.25) is 5.91 Å². The van der Waals surface area contributed by atoms with Gasteiger partial charge in [-0.15, -0.1) is 0 Å². The molecule has 2 N–H and O–H groups in total. The Morgan fingerprint density at radius 1 is 1.62 bits per heavy atom. The predicted molar refractivity (Wildman–Crippen MR) is 64.1 cm³/mol. The number of aliphatic hydroxyl groups is 1. The van der Waals surface area contributed by atoms with Crippen LogP contribution in [0.25, 0.3) is 0 Å². The number of carbonyl (C=O) groups excluding carboxylic acids is 1. The molecule has 0 aliphatic carbocycles. The Hall–Kier alpha value is -0.610. The minimum atomic E-state index is -0.209. The Morgan fingerprint density at radius 3 is 3.00 bits per heavy atom. The predicted octanol–water partition coefficient (Wildman–Crippen LogP) is 0.605. The average Bonchev–Trinajstić information content (AvgIpc) is 2.26. The van der Waals surface area contributed by atoms with Crippen molar-refractivity contribution in [2.45, 2.75) is 39.2 Å². The molecule has 16 heavy (non-hydrogen) atoms. The lowest BCUT2D eigenvalue weighted by Gasteiger charge is -2.33. The van der Waals surface area contributed by atoms with Crippen LogP contribution in [0.3, 0.4) is 0 Å². The molecule has 2 atom stereocenters. The summed E-state index contributed by atoms with van der Waals surface area (Å²) in [6.07, 6.45) is 2.95. The molecule has 0 radical (unpaired) electrons. The molecule has 94 valence electrons. The van der Waals surface area contributed by atoms with E-state index >= 15 is 0 Å². The topological polar surface area (TPSA) is 52.6 Å². The van der Waals surface area contributed by atoms with Gasteiger partial charge in [-0.2, -0.15) is 0 Å². The smallest absolute Gasteiger partial charge is 0.216 e. The van der Waals surface area contributed by atoms with Crippen molar-refractivity contribution in [2.75, 3.05) is 26.2 Å². The highest BCUT2D eigenvalue weighted by molar-refractivity contribution is 5.72. The van der Waals surface area contributed by atoms with Crippen LogP contribution in [0.4, 0.5) is 0 Å². The first-order chi connectivity index (χ1) is 7.61. The molecule has 1 amide bonds. The number of β-amino-alcohol motifs (C(OH)–C–C–N with tert-alkyl or cyclic N) is 1. The van der Waals surface area contributed by atoms with Gasteiger partial charge in [0.15, 0.2) is 0 Å². The van der Waals surface area contributed by atoms with Crippen molar-refractivity contribution in [3.05, 3.63) is 0 Å². The average molecular weight is 228 g/mol. The van der Waals surface area contributed by atoms with Gasteiger partial charge >= 0.3 is 0 Å². The minimum Gasteiger partial charge on any atom is -0.392 e. The van der Waals surface area contributed by atoms with Crippen molar-refractivity contribution in [1.29, 1.82) is 0 Å². The maximum absolute atomic E-state index is 10.8. The van der Waals surface area contributed by atoms with Crippen molar-refractivity contribution >= 4 is 5.91 Å². The van der Waals surface area contributed by atoms with Gasteiger partial charge in [0.1, 0.15) is 0 Å². The summed E-state index contributed by atoms with van der Waals surface area (Å²) in [5.74, 6) is 0.590. The fourth-order valence-corrected chi connectivity index (χ4v) is 2.20. The van der Waals surface area contributed by atoms with Gasteiger partial charge in [0, 0.05) is 26.6 Å². The van der Waals surface area contributed by atoms with Crippen LogP contribution in [0, 0.1) is 5.92 Å². The number of amides is 1. The van der Waals surface area contributed by atoms with Gasteiger partial charge in [-0.05, 0) is 31.7 Å². The van der Waals surface area contributed by atoms with E-state index in [1.165, 1.54) is 12.8 Å². The molecule has 1 saturated heterocycles. The summed E-state index contributed by atoms with van der Waals surface area (Å²) in [5.41, 5.74) is 0. The van der Waals surface area contributed by atoms with Gasteiger partial charge in [-0.1, -0.05) is 6.92 Å². The summed E-state index contributed by atoms with van der Waals surface area (Å²) in [7, 11) is 0. The Morgan fingerprint density at radius 2 is 2.38 bits per heavy atom. The number of piperidine rings is 1. The van der Waals surface area contributed by atoms with Crippen LogP contribution < -0.4 is 5.32 Å². The van der Waals surface area contributed by atoms with E-state index in [4.69, 9.17) is 0 Å². The van der Waals surface area contributed by atoms with Crippen molar-refractivity contribution in [1.82, 2.24) is 10.2 Å². The molecule has 1 aliphatic heterocycles. The van der Waals surface area contributed by atoms with Crippen molar-refractivity contribution in [2.24, 2.45) is 5.92 Å². The van der Waals surface area contributed by atoms with Crippen LogP contribution in [-0.4, -0.2) is 48.2 Å². The Balaban J connectivity index is 2.26. The highest BCUT2D eigenvalue weighted by Crippen LogP contribution is 2.16. The highest BCUT2D eigenvalue weighted by Gasteiger charge is 2.21. The lowest BCUT2D eigenvalue weighted by atomic mass is 9.97. The molecule has 0 aromatic heterocycles. The lowest BCUT2D eigenvalue weighted by Crippen LogP contribution is -2.43. The molecule has 4 heteroatoms. The van der Waals surface area contributed by atoms with Crippen LogP contribution in [0.2, 0.25) is 0 Å². The number of likely N-dealkylation sites (tertiary alicyclic amines) is 1. The number of carbonyl (C=O) groups is 1. The third-order valence-electron chi connectivity index (χ3n) is 3.18. The molecule has 1 heterocycles. The van der Waals surface area contributed by atoms with E-state index in [2.05, 4.69) is 10.2 Å². The molecule has 0 aromatic carbocycles. The zero-order valence-electron chi connectivity index (χ0n) is 10.4. The van der Waals surface area contributed by atoms with Crippen LogP contribution in [0.5, 0.6) is 0 Å². The van der Waals surface area contributed by atoms with Crippen LogP contribution >= 0.6 is 0 Å². The van der Waals surface area contributed by atoms with Crippen LogP contribution in [0.15, 0.2) is 0 Å². The van der Waals surface area contributed by atoms with Gasteiger partial charge in [0.05, 0.1) is 6.10 Å². The van der Waals surface area contributed by atoms with Crippen molar-refractivity contribution in [3.63, 3.8) is 0 Å². The number of hydrogen-bond donors (Lipinski definition) is 2. The standard InChI is InChI=1S/C12H24N2O2/c1-3-12(16)9-14-6-4-5-11(8-14)7-13-10(2)15/h11-12,16H,3-9H2,1-2H3,(H,13,15). The third kappa shape index (κ3) is 4.94. The molecular weight excluding hydrogens is 204 g/mol. The van der Waals surface area contributed by atoms with Crippen molar-refractivity contribution in [3.8, 4) is 0 Å². The van der Waals surface area contributed by atoms with Gasteiger partial charge in [-0.3, -0.25) is 4.79 Å². The number of nitrogens with one attached hydrogen (secondary N) is 1. The quantitative estimate of drug-likeness (QED) is 0.725. The second-order valence-electron chi connectivity index (χ2n) is 4.77. The fraction of sp³-hybridized carbons (Fsp3) is 0.917. The Kier molecular flexibility index (Phi) is 5.77. The third-order valence-corrected chi connectivity index (χ3v) is 3.18. The first-order valence-corrected chi connectivity index (χ1v) is 6.26. The number of aliphatic hydroxyl groups excluding tert-OH is 1. The van der Waals surface area contributed by atoms with E-state index in [0.717, 1.165) is 32.6 Å². The SMILES string of the molecule is CCC(O)CN1CCCC(CNC(C)=O)C1. The summed E-state index contributed by atoms with van der Waals surface area (Å²) >= 11 is 0. The summed E-state index contributed by atoms with van der Waals surface area (Å²) in [5, 5.41) is 12.5. The molecule has 2 unspecified atom stereocenters. The van der Waals surface area contributed by atoms with Crippen LogP contribution in [-0.2, 0) is 4.79 Å². The molecule has 1 aliphatic rings. The first-order valence-electron chi connectivity index (χ1n) is 6.26. The fourth-order valence-electron chi connectivity index (χ4n) is 2.20. The first kappa shape index (κ1) is 13.5. The molecule has 0 saturated carbocycles. The van der Waals surface area contributed by atoms with E-state index in [1.54, 1.807) is 6.92 Å². The Bertz CT molecular complexity index is 221. The molecule has 1 rings (SSSR count). The van der Waals surface area contributed by atoms with Crippen LogP contribution in [0.1, 0.15) is 33.1 Å². The normalized spacial score (nSPS) is 24.1. The summed E-state index contributed by atoms with van der Waals surface area (Å²) in [4.78, 5) is 13.1. The second-order valence-corrected chi connectivity index (χ2v) is 4.77. The zero-order valence-corrected chi connectivity index (χ0v) is 10.4. The molecule has 4 nitrogen and oxygen atoms in total. The molecule has 1 fully saturated rings. The summed E-state index contributed by atoms with van der Waals surface area (Å²) in [6, 6.07) is 0. The van der Waals surface area contributed by atoms with E-state index in [-0.39, 0.29) is 12.0 Å². The molecular formula is C12H24N2O2. The highest BCUT2D eigenvalue weighted by atomic mass is 16.3. The van der Waals surface area contributed by atoms with Gasteiger partial charge in [-0.25, -0.2) is 0 Å². The largest absolute Gasteiger partial charge is 0.392 e. The minimum absolute atomic E-state index is 0.0470. The van der Waals surface area contributed by atoms with Gasteiger partial charge in [0.25, 0.3) is 0 Å². The maximum atomic E-state index is 10.8. The summed E-state index contributed by atoms with van der Waals surface area (Å²) < 4.78 is 0. The lowest BCUT2D eigenvalue weighted by molar-refractivity contribution is -0.119. The van der Waals surface area contributed by atoms with Gasteiger partial charge < -0.3 is 15.3 Å². The summed E-state index contributed by atoms with van der Waals surface area (Å²) in [6.45, 7) is 7.18. The molecule has 0 spiro atoms. The second kappa shape index (κ2) is 6.86. The maximum Gasteiger partial charge on any atom is 0.216 e. The van der Waals surface area contributed by atoms with E-state index in [1.807, 2.05) is 6.92 Å². The monoisotopic (exact) mass is 228 g/mol. The van der Waals surface area contributed by atoms with Crippen molar-refractivity contribution < 1.29 is 9.90 Å². The number of nitrogens with zero attached hydrogens (tertiary/aromatic N) is 1. The Labute approximate surface area is 98.0 Å². The molecule has 0 aromatic rings.